The first-order chi connectivity index (χ1) is 7.25. The fourth-order valence-corrected chi connectivity index (χ4v) is 1.21. The summed E-state index contributed by atoms with van der Waals surface area (Å²) >= 11 is 0. The normalized spacial score (nSPS) is 10.2. The van der Waals surface area contributed by atoms with Crippen molar-refractivity contribution >= 4 is 5.91 Å². The Morgan fingerprint density at radius 3 is 3.13 bits per heavy atom. The molecule has 78 valence electrons. The zero-order valence-corrected chi connectivity index (χ0v) is 8.28. The fraction of sp³-hybridized carbons (Fsp3) is 0.200. The van der Waals surface area contributed by atoms with Crippen LogP contribution in [0.2, 0.25) is 0 Å². The van der Waals surface area contributed by atoms with Crippen molar-refractivity contribution < 1.29 is 9.21 Å². The van der Waals surface area contributed by atoms with Gasteiger partial charge in [-0.2, -0.15) is 5.10 Å². The monoisotopic (exact) mass is 205 g/mol. The fourth-order valence-electron chi connectivity index (χ4n) is 1.21. The molecule has 0 unspecified atom stereocenters. The van der Waals surface area contributed by atoms with Gasteiger partial charge in [0.15, 0.2) is 0 Å². The number of nitrogens with zero attached hydrogens (tertiary/aromatic N) is 1. The Morgan fingerprint density at radius 2 is 2.53 bits per heavy atom. The van der Waals surface area contributed by atoms with E-state index in [2.05, 4.69) is 15.5 Å². The van der Waals surface area contributed by atoms with Crippen LogP contribution in [0.5, 0.6) is 0 Å². The number of aromatic amines is 1. The first kappa shape index (κ1) is 9.51. The van der Waals surface area contributed by atoms with Gasteiger partial charge in [0.1, 0.15) is 11.5 Å². The van der Waals surface area contributed by atoms with E-state index in [-0.39, 0.29) is 5.91 Å². The van der Waals surface area contributed by atoms with Crippen LogP contribution in [-0.2, 0) is 6.54 Å². The molecule has 2 rings (SSSR count). The van der Waals surface area contributed by atoms with Crippen molar-refractivity contribution in [2.45, 2.75) is 13.5 Å². The number of furan rings is 1. The summed E-state index contributed by atoms with van der Waals surface area (Å²) in [6.07, 6.45) is 1.57. The Balaban J connectivity index is 1.93. The molecule has 5 nitrogen and oxygen atoms in total. The number of rotatable bonds is 3. The highest BCUT2D eigenvalue weighted by atomic mass is 16.3. The summed E-state index contributed by atoms with van der Waals surface area (Å²) in [6.45, 7) is 2.22. The van der Waals surface area contributed by atoms with Gasteiger partial charge in [-0.05, 0) is 25.1 Å². The SMILES string of the molecule is Cc1cc(C(=O)NCc2ccco2)n[nH]1. The molecule has 2 aromatic heterocycles. The Morgan fingerprint density at radius 1 is 1.67 bits per heavy atom. The van der Waals surface area contributed by atoms with E-state index in [4.69, 9.17) is 4.42 Å². The van der Waals surface area contributed by atoms with E-state index in [0.717, 1.165) is 11.5 Å². The number of aryl methyl sites for hydroxylation is 1. The van der Waals surface area contributed by atoms with E-state index >= 15 is 0 Å². The van der Waals surface area contributed by atoms with Gasteiger partial charge >= 0.3 is 0 Å². The predicted molar refractivity (Wildman–Crippen MR) is 53.2 cm³/mol. The highest BCUT2D eigenvalue weighted by Gasteiger charge is 2.08. The van der Waals surface area contributed by atoms with Gasteiger partial charge in [-0.15, -0.1) is 0 Å². The molecule has 0 aromatic carbocycles. The highest BCUT2D eigenvalue weighted by molar-refractivity contribution is 5.92. The van der Waals surface area contributed by atoms with Crippen LogP contribution in [0.3, 0.4) is 0 Å². The van der Waals surface area contributed by atoms with Crippen LogP contribution < -0.4 is 5.32 Å². The lowest BCUT2D eigenvalue weighted by atomic mass is 10.3. The van der Waals surface area contributed by atoms with Gasteiger partial charge in [0, 0.05) is 5.69 Å². The van der Waals surface area contributed by atoms with Gasteiger partial charge in [-0.25, -0.2) is 0 Å². The molecule has 0 fully saturated rings. The lowest BCUT2D eigenvalue weighted by Crippen LogP contribution is -2.22. The van der Waals surface area contributed by atoms with Gasteiger partial charge in [-0.3, -0.25) is 9.89 Å². The van der Waals surface area contributed by atoms with E-state index in [1.54, 1.807) is 24.5 Å². The summed E-state index contributed by atoms with van der Waals surface area (Å²) in [4.78, 5) is 11.5. The van der Waals surface area contributed by atoms with E-state index in [1.165, 1.54) is 0 Å². The first-order valence-electron chi connectivity index (χ1n) is 4.58. The predicted octanol–water partition coefficient (Wildman–Crippen LogP) is 1.24. The Bertz CT molecular complexity index is 445. The maximum Gasteiger partial charge on any atom is 0.272 e. The van der Waals surface area contributed by atoms with Crippen LogP contribution in [0.25, 0.3) is 0 Å². The molecule has 0 aliphatic carbocycles. The van der Waals surface area contributed by atoms with Gasteiger partial charge in [0.2, 0.25) is 0 Å². The number of hydrogen-bond acceptors (Lipinski definition) is 3. The van der Waals surface area contributed by atoms with Crippen LogP contribution in [-0.4, -0.2) is 16.1 Å². The lowest BCUT2D eigenvalue weighted by molar-refractivity contribution is 0.0943. The zero-order chi connectivity index (χ0) is 10.7. The zero-order valence-electron chi connectivity index (χ0n) is 8.28. The Kier molecular flexibility index (Phi) is 2.53. The average Bonchev–Trinajstić information content (AvgIpc) is 2.84. The molecule has 1 amide bonds. The molecule has 0 atom stereocenters. The van der Waals surface area contributed by atoms with Crippen molar-refractivity contribution in [1.82, 2.24) is 15.5 Å². The average molecular weight is 205 g/mol. The molecule has 2 aromatic rings. The number of hydrogen-bond donors (Lipinski definition) is 2. The quantitative estimate of drug-likeness (QED) is 0.791. The number of carbonyl (C=O) groups is 1. The summed E-state index contributed by atoms with van der Waals surface area (Å²) in [6, 6.07) is 5.27. The second kappa shape index (κ2) is 4.00. The minimum Gasteiger partial charge on any atom is -0.467 e. The second-order valence-electron chi connectivity index (χ2n) is 3.20. The van der Waals surface area contributed by atoms with Crippen LogP contribution >= 0.6 is 0 Å². The lowest BCUT2D eigenvalue weighted by Gasteiger charge is -1.99. The topological polar surface area (TPSA) is 70.9 Å². The van der Waals surface area contributed by atoms with Crippen molar-refractivity contribution in [3.8, 4) is 0 Å². The number of aromatic nitrogens is 2. The molecule has 15 heavy (non-hydrogen) atoms. The molecule has 2 N–H and O–H groups in total. The highest BCUT2D eigenvalue weighted by Crippen LogP contribution is 2.01. The molecule has 0 saturated heterocycles. The van der Waals surface area contributed by atoms with Crippen molar-refractivity contribution in [2.75, 3.05) is 0 Å². The molecule has 0 aliphatic heterocycles. The smallest absolute Gasteiger partial charge is 0.272 e. The van der Waals surface area contributed by atoms with Crippen LogP contribution in [0.4, 0.5) is 0 Å². The minimum absolute atomic E-state index is 0.212. The van der Waals surface area contributed by atoms with E-state index in [0.29, 0.717) is 12.2 Å². The summed E-state index contributed by atoms with van der Waals surface area (Å²) in [5, 5.41) is 9.26. The summed E-state index contributed by atoms with van der Waals surface area (Å²) < 4.78 is 5.08. The maximum atomic E-state index is 11.5. The number of carbonyl (C=O) groups excluding carboxylic acids is 1. The van der Waals surface area contributed by atoms with E-state index in [9.17, 15) is 4.79 Å². The first-order valence-corrected chi connectivity index (χ1v) is 4.58. The van der Waals surface area contributed by atoms with Gasteiger partial charge in [0.25, 0.3) is 5.91 Å². The Hall–Kier alpha value is -2.04. The molecule has 0 bridgehead atoms. The van der Waals surface area contributed by atoms with E-state index < -0.39 is 0 Å². The third-order valence-corrected chi connectivity index (χ3v) is 1.94. The van der Waals surface area contributed by atoms with Crippen LogP contribution in [0.15, 0.2) is 28.9 Å². The van der Waals surface area contributed by atoms with Crippen LogP contribution in [0.1, 0.15) is 21.9 Å². The van der Waals surface area contributed by atoms with Crippen molar-refractivity contribution in [3.63, 3.8) is 0 Å². The van der Waals surface area contributed by atoms with Gasteiger partial charge < -0.3 is 9.73 Å². The number of nitrogens with one attached hydrogen (secondary N) is 2. The largest absolute Gasteiger partial charge is 0.467 e. The molecule has 0 radical (unpaired) electrons. The molecule has 0 aliphatic rings. The van der Waals surface area contributed by atoms with E-state index in [1.807, 2.05) is 6.92 Å². The number of H-pyrrole nitrogens is 1. The van der Waals surface area contributed by atoms with Crippen molar-refractivity contribution in [3.05, 3.63) is 41.6 Å². The van der Waals surface area contributed by atoms with Crippen molar-refractivity contribution in [1.29, 1.82) is 0 Å². The minimum atomic E-state index is -0.212. The molecule has 0 spiro atoms. The van der Waals surface area contributed by atoms with Gasteiger partial charge in [0.05, 0.1) is 12.8 Å². The molecule has 0 saturated carbocycles. The molecular formula is C10H11N3O2. The molecule has 2 heterocycles. The van der Waals surface area contributed by atoms with Crippen LogP contribution in [0, 0.1) is 6.92 Å². The second-order valence-corrected chi connectivity index (χ2v) is 3.20. The summed E-state index contributed by atoms with van der Waals surface area (Å²) in [5.41, 5.74) is 1.25. The third-order valence-electron chi connectivity index (χ3n) is 1.94. The summed E-state index contributed by atoms with van der Waals surface area (Å²) in [7, 11) is 0. The standard InChI is InChI=1S/C10H11N3O2/c1-7-5-9(13-12-7)10(14)11-6-8-3-2-4-15-8/h2-5H,6H2,1H3,(H,11,14)(H,12,13). The maximum absolute atomic E-state index is 11.5. The van der Waals surface area contributed by atoms with Crippen molar-refractivity contribution in [2.24, 2.45) is 0 Å². The number of amides is 1. The summed E-state index contributed by atoms with van der Waals surface area (Å²) in [5.74, 6) is 0.506. The Labute approximate surface area is 86.5 Å². The molecule has 5 heteroatoms. The van der Waals surface area contributed by atoms with Gasteiger partial charge in [-0.1, -0.05) is 0 Å². The molecular weight excluding hydrogens is 194 g/mol. The third kappa shape index (κ3) is 2.25.